The van der Waals surface area contributed by atoms with Crippen molar-refractivity contribution in [1.29, 1.82) is 4.78 Å². The van der Waals surface area contributed by atoms with Crippen molar-refractivity contribution < 1.29 is 28.4 Å². The van der Waals surface area contributed by atoms with E-state index in [0.29, 0.717) is 22.9 Å². The van der Waals surface area contributed by atoms with Crippen molar-refractivity contribution in [2.45, 2.75) is 77.1 Å². The molecule has 2 aromatic rings. The van der Waals surface area contributed by atoms with Crippen LogP contribution >= 0.6 is 23.2 Å². The van der Waals surface area contributed by atoms with E-state index in [1.807, 2.05) is 55.2 Å². The van der Waals surface area contributed by atoms with Gasteiger partial charge in [0.1, 0.15) is 5.75 Å². The SMILES string of the molecule is COc1cc(C(=O)O)ccc1NC(=O)C[C@@]1(C)C[C@H](c2cccc(Cl)c2)[C@@H](C2C=CC(Cl)=CC2)N([C@H](CS(=N)(=O)C(C)C)C(C)C)C1=O. The van der Waals surface area contributed by atoms with Gasteiger partial charge in [0.2, 0.25) is 11.8 Å². The van der Waals surface area contributed by atoms with Crippen LogP contribution in [0.4, 0.5) is 5.69 Å². The van der Waals surface area contributed by atoms with Crippen LogP contribution in [-0.2, 0) is 19.3 Å². The summed E-state index contributed by atoms with van der Waals surface area (Å²) in [6.45, 7) is 9.25. The molecular formula is C36H45Cl2N3O6S. The fourth-order valence-electron chi connectivity index (χ4n) is 6.79. The van der Waals surface area contributed by atoms with Gasteiger partial charge in [0, 0.05) is 55.4 Å². The number of carbonyl (C=O) groups is 3. The standard InChI is InChI=1S/C36H45Cl2N3O6S/c1-21(2)30(20-48(39,46)22(3)4)41-33(23-10-13-26(37)14-11-23)28(24-8-7-9-27(38)16-24)18-36(5,35(41)45)19-32(42)40-29-15-12-25(34(43)44)17-31(29)47-6/h7-10,12-17,21-23,28,30,33,39H,11,18-20H2,1-6H3,(H,40,42)(H,43,44)/t23?,28-,30-,33-,36-,48?/m1/s1. The van der Waals surface area contributed by atoms with Gasteiger partial charge in [0.25, 0.3) is 0 Å². The summed E-state index contributed by atoms with van der Waals surface area (Å²) in [5.74, 6) is -2.22. The topological polar surface area (TPSA) is 137 Å². The average molecular weight is 719 g/mol. The van der Waals surface area contributed by atoms with Crippen LogP contribution in [0.3, 0.4) is 0 Å². The van der Waals surface area contributed by atoms with Crippen molar-refractivity contribution in [3.8, 4) is 5.75 Å². The molecule has 9 nitrogen and oxygen atoms in total. The molecule has 4 rings (SSSR count). The van der Waals surface area contributed by atoms with Crippen molar-refractivity contribution in [1.82, 2.24) is 4.90 Å². The first-order valence-corrected chi connectivity index (χ1v) is 18.6. The number of hydrogen-bond acceptors (Lipinski definition) is 6. The minimum atomic E-state index is -3.09. The van der Waals surface area contributed by atoms with Crippen LogP contribution in [0.1, 0.15) is 75.7 Å². The molecule has 12 heteroatoms. The third kappa shape index (κ3) is 8.26. The molecule has 2 unspecified atom stereocenters. The summed E-state index contributed by atoms with van der Waals surface area (Å²) in [5.41, 5.74) is -0.0102. The van der Waals surface area contributed by atoms with Gasteiger partial charge in [-0.05, 0) is 60.7 Å². The maximum atomic E-state index is 15.1. The van der Waals surface area contributed by atoms with E-state index in [9.17, 15) is 18.9 Å². The highest BCUT2D eigenvalue weighted by atomic mass is 35.5. The molecule has 260 valence electrons. The van der Waals surface area contributed by atoms with Gasteiger partial charge in [-0.15, -0.1) is 0 Å². The third-order valence-electron chi connectivity index (χ3n) is 9.54. The zero-order chi connectivity index (χ0) is 35.6. The number of anilines is 1. The van der Waals surface area contributed by atoms with E-state index in [-0.39, 0.29) is 52.8 Å². The zero-order valence-corrected chi connectivity index (χ0v) is 30.5. The van der Waals surface area contributed by atoms with Crippen LogP contribution in [0, 0.1) is 22.0 Å². The lowest BCUT2D eigenvalue weighted by atomic mass is 9.65. The van der Waals surface area contributed by atoms with Crippen molar-refractivity contribution in [2.24, 2.45) is 17.3 Å². The van der Waals surface area contributed by atoms with E-state index in [0.717, 1.165) is 5.56 Å². The van der Waals surface area contributed by atoms with E-state index in [2.05, 4.69) is 5.32 Å². The van der Waals surface area contributed by atoms with Gasteiger partial charge < -0.3 is 20.1 Å². The first-order chi connectivity index (χ1) is 22.5. The summed E-state index contributed by atoms with van der Waals surface area (Å²) < 4.78 is 27.9. The molecule has 0 bridgehead atoms. The monoisotopic (exact) mass is 717 g/mol. The number of nitrogens with one attached hydrogen (secondary N) is 2. The van der Waals surface area contributed by atoms with Gasteiger partial charge in [-0.2, -0.15) is 0 Å². The molecule has 0 aromatic heterocycles. The molecule has 0 saturated carbocycles. The summed E-state index contributed by atoms with van der Waals surface area (Å²) in [6.07, 6.45) is 6.50. The van der Waals surface area contributed by atoms with Crippen molar-refractivity contribution >= 4 is 56.4 Å². The Balaban J connectivity index is 1.83. The third-order valence-corrected chi connectivity index (χ3v) is 12.4. The van der Waals surface area contributed by atoms with Crippen LogP contribution in [0.2, 0.25) is 5.02 Å². The Morgan fingerprint density at radius 1 is 1.17 bits per heavy atom. The number of benzene rings is 2. The van der Waals surface area contributed by atoms with Crippen LogP contribution < -0.4 is 10.1 Å². The van der Waals surface area contributed by atoms with Crippen molar-refractivity contribution in [3.63, 3.8) is 0 Å². The number of carbonyl (C=O) groups excluding carboxylic acids is 2. The van der Waals surface area contributed by atoms with E-state index in [1.54, 1.807) is 26.8 Å². The summed E-state index contributed by atoms with van der Waals surface area (Å²) >= 11 is 12.9. The Labute approximate surface area is 293 Å². The molecule has 48 heavy (non-hydrogen) atoms. The number of amides is 2. The fourth-order valence-corrected chi connectivity index (χ4v) is 8.59. The molecule has 2 aliphatic rings. The predicted octanol–water partition coefficient (Wildman–Crippen LogP) is 7.94. The molecule has 6 atom stereocenters. The lowest BCUT2D eigenvalue weighted by molar-refractivity contribution is -0.158. The Hall–Kier alpha value is -3.34. The number of methoxy groups -OCH3 is 1. The Morgan fingerprint density at radius 3 is 2.44 bits per heavy atom. The number of rotatable bonds is 12. The highest BCUT2D eigenvalue weighted by Gasteiger charge is 2.54. The summed E-state index contributed by atoms with van der Waals surface area (Å²) in [7, 11) is -1.71. The van der Waals surface area contributed by atoms with Crippen LogP contribution in [0.5, 0.6) is 5.75 Å². The molecule has 1 heterocycles. The van der Waals surface area contributed by atoms with Gasteiger partial charge in [-0.3, -0.25) is 14.4 Å². The fraction of sp³-hybridized carbons (Fsp3) is 0.472. The summed E-state index contributed by atoms with van der Waals surface area (Å²) in [6, 6.07) is 10.7. The number of ether oxygens (including phenoxy) is 1. The maximum Gasteiger partial charge on any atom is 0.335 e. The molecule has 3 N–H and O–H groups in total. The Kier molecular flexibility index (Phi) is 11.8. The minimum Gasteiger partial charge on any atom is -0.495 e. The van der Waals surface area contributed by atoms with Gasteiger partial charge in [-0.1, -0.05) is 82.1 Å². The van der Waals surface area contributed by atoms with Gasteiger partial charge in [0.15, 0.2) is 0 Å². The summed E-state index contributed by atoms with van der Waals surface area (Å²) in [4.78, 5) is 42.2. The van der Waals surface area contributed by atoms with Gasteiger partial charge in [-0.25, -0.2) is 9.00 Å². The number of piperidine rings is 1. The number of aromatic carboxylic acids is 1. The molecule has 1 fully saturated rings. The normalized spacial score (nSPS) is 24.6. The number of carboxylic acid groups (broad SMARTS) is 1. The van der Waals surface area contributed by atoms with Gasteiger partial charge in [0.05, 0.1) is 29.5 Å². The second-order valence-corrected chi connectivity index (χ2v) is 17.3. The number of nitrogens with zero attached hydrogens (tertiary/aromatic N) is 1. The molecule has 1 saturated heterocycles. The van der Waals surface area contributed by atoms with E-state index < -0.39 is 44.4 Å². The average Bonchev–Trinajstić information content (AvgIpc) is 3.01. The van der Waals surface area contributed by atoms with E-state index in [1.165, 1.54) is 25.3 Å². The highest BCUT2D eigenvalue weighted by molar-refractivity contribution is 7.93. The largest absolute Gasteiger partial charge is 0.495 e. The molecule has 2 amide bonds. The van der Waals surface area contributed by atoms with Crippen molar-refractivity contribution in [2.75, 3.05) is 18.2 Å². The molecule has 2 aromatic carbocycles. The molecular weight excluding hydrogens is 673 g/mol. The number of likely N-dealkylation sites (tertiary alicyclic amines) is 1. The Bertz CT molecular complexity index is 1720. The van der Waals surface area contributed by atoms with Crippen LogP contribution in [-0.4, -0.2) is 62.2 Å². The van der Waals surface area contributed by atoms with Crippen LogP contribution in [0.25, 0.3) is 0 Å². The van der Waals surface area contributed by atoms with Crippen LogP contribution in [0.15, 0.2) is 65.7 Å². The summed E-state index contributed by atoms with van der Waals surface area (Å²) in [5, 5.41) is 13.0. The first kappa shape index (κ1) is 37.5. The minimum absolute atomic E-state index is 0.00469. The zero-order valence-electron chi connectivity index (χ0n) is 28.2. The predicted molar refractivity (Wildman–Crippen MR) is 191 cm³/mol. The quantitative estimate of drug-likeness (QED) is 0.204. The second kappa shape index (κ2) is 15.0. The van der Waals surface area contributed by atoms with E-state index >= 15 is 4.79 Å². The van der Waals surface area contributed by atoms with Crippen molar-refractivity contribution in [3.05, 3.63) is 81.9 Å². The molecule has 1 aliphatic carbocycles. The first-order valence-electron chi connectivity index (χ1n) is 16.1. The number of hydrogen-bond donors (Lipinski definition) is 3. The maximum absolute atomic E-state index is 15.1. The lowest BCUT2D eigenvalue weighted by Gasteiger charge is -2.55. The van der Waals surface area contributed by atoms with E-state index in [4.69, 9.17) is 32.7 Å². The lowest BCUT2D eigenvalue weighted by Crippen LogP contribution is -2.64. The van der Waals surface area contributed by atoms with Gasteiger partial charge >= 0.3 is 5.97 Å². The Morgan fingerprint density at radius 2 is 1.88 bits per heavy atom. The second-order valence-electron chi connectivity index (χ2n) is 13.7. The smallest absolute Gasteiger partial charge is 0.335 e. The molecule has 0 radical (unpaired) electrons. The molecule has 0 spiro atoms. The number of halogens is 2. The number of allylic oxidation sites excluding steroid dienone is 3. The molecule has 1 aliphatic heterocycles. The number of carboxylic acids is 1. The highest BCUT2D eigenvalue weighted by Crippen LogP contribution is 2.50.